The van der Waals surface area contributed by atoms with E-state index in [2.05, 4.69) is 20.9 Å². The number of rotatable bonds is 2. The molecule has 1 aromatic rings. The Bertz CT molecular complexity index is 295. The van der Waals surface area contributed by atoms with Crippen molar-refractivity contribution in [3.8, 4) is 0 Å². The highest BCUT2D eigenvalue weighted by Crippen LogP contribution is 2.21. The summed E-state index contributed by atoms with van der Waals surface area (Å²) < 4.78 is 0.843. The zero-order chi connectivity index (χ0) is 8.27. The van der Waals surface area contributed by atoms with E-state index in [0.29, 0.717) is 5.69 Å². The molecule has 0 amide bonds. The Hall–Kier alpha value is -0.680. The van der Waals surface area contributed by atoms with Crippen LogP contribution in [0.4, 0.5) is 0 Å². The van der Waals surface area contributed by atoms with Gasteiger partial charge in [-0.2, -0.15) is 0 Å². The lowest BCUT2D eigenvalue weighted by molar-refractivity contribution is -0.131. The molecule has 0 aliphatic rings. The van der Waals surface area contributed by atoms with Crippen molar-refractivity contribution < 1.29 is 9.90 Å². The summed E-state index contributed by atoms with van der Waals surface area (Å²) in [6.07, 6.45) is 2.50. The third-order valence-corrected chi connectivity index (χ3v) is 2.53. The maximum absolute atomic E-state index is 10.1. The molecule has 1 heterocycles. The van der Waals surface area contributed by atoms with Crippen LogP contribution in [0.15, 0.2) is 15.4 Å². The van der Waals surface area contributed by atoms with Crippen molar-refractivity contribution >= 4 is 39.3 Å². The van der Waals surface area contributed by atoms with Gasteiger partial charge in [-0.3, -0.25) is 0 Å². The molecule has 0 fully saturated rings. The highest BCUT2D eigenvalue weighted by atomic mass is 79.9. The van der Waals surface area contributed by atoms with E-state index in [1.165, 1.54) is 17.4 Å². The Balaban J connectivity index is 2.79. The second-order valence-corrected chi connectivity index (χ2v) is 3.86. The third-order valence-electron chi connectivity index (χ3n) is 0.933. The lowest BCUT2D eigenvalue weighted by Gasteiger charge is -1.82. The Morgan fingerprint density at radius 3 is 3.00 bits per heavy atom. The summed E-state index contributed by atoms with van der Waals surface area (Å²) in [5, 5.41) is 8.28. The standard InChI is InChI=1S/C6H4BrNO2S/c7-6-4(8-3-11-6)1-2-5(9)10/h1-3H,(H,9,10)/b2-1+. The summed E-state index contributed by atoms with van der Waals surface area (Å²) in [7, 11) is 0. The Kier molecular flexibility index (Phi) is 2.78. The summed E-state index contributed by atoms with van der Waals surface area (Å²) in [5.74, 6) is -0.968. The van der Waals surface area contributed by atoms with Crippen molar-refractivity contribution in [3.63, 3.8) is 0 Å². The molecule has 5 heteroatoms. The fourth-order valence-corrected chi connectivity index (χ4v) is 1.48. The highest BCUT2D eigenvalue weighted by Gasteiger charge is 1.97. The van der Waals surface area contributed by atoms with E-state index >= 15 is 0 Å². The molecule has 0 aromatic carbocycles. The molecule has 0 spiro atoms. The summed E-state index contributed by atoms with van der Waals surface area (Å²) in [6.45, 7) is 0. The first kappa shape index (κ1) is 8.42. The smallest absolute Gasteiger partial charge is 0.328 e. The Morgan fingerprint density at radius 1 is 1.82 bits per heavy atom. The third kappa shape index (κ3) is 2.44. The van der Waals surface area contributed by atoms with Crippen molar-refractivity contribution in [1.82, 2.24) is 4.98 Å². The first-order valence-electron chi connectivity index (χ1n) is 2.70. The minimum Gasteiger partial charge on any atom is -0.478 e. The minimum absolute atomic E-state index is 0.650. The topological polar surface area (TPSA) is 50.2 Å². The molecule has 3 nitrogen and oxygen atoms in total. The highest BCUT2D eigenvalue weighted by molar-refractivity contribution is 9.11. The van der Waals surface area contributed by atoms with Crippen LogP contribution in [-0.4, -0.2) is 16.1 Å². The van der Waals surface area contributed by atoms with Gasteiger partial charge in [-0.05, 0) is 22.0 Å². The van der Waals surface area contributed by atoms with Gasteiger partial charge < -0.3 is 5.11 Å². The number of carboxylic acid groups (broad SMARTS) is 1. The molecule has 1 N–H and O–H groups in total. The number of aromatic nitrogens is 1. The monoisotopic (exact) mass is 233 g/mol. The van der Waals surface area contributed by atoms with Crippen molar-refractivity contribution in [1.29, 1.82) is 0 Å². The number of aliphatic carboxylic acids is 1. The second-order valence-electron chi connectivity index (χ2n) is 1.68. The molecule has 0 atom stereocenters. The van der Waals surface area contributed by atoms with Gasteiger partial charge in [-0.25, -0.2) is 9.78 Å². The predicted molar refractivity (Wildman–Crippen MR) is 46.5 cm³/mol. The van der Waals surface area contributed by atoms with E-state index in [9.17, 15) is 4.79 Å². The predicted octanol–water partition coefficient (Wildman–Crippen LogP) is 2.00. The van der Waals surface area contributed by atoms with Crippen LogP contribution >= 0.6 is 27.3 Å². The fourth-order valence-electron chi connectivity index (χ4n) is 0.499. The summed E-state index contributed by atoms with van der Waals surface area (Å²) in [6, 6.07) is 0. The molecule has 0 radical (unpaired) electrons. The minimum atomic E-state index is -0.968. The van der Waals surface area contributed by atoms with Crippen LogP contribution < -0.4 is 0 Å². The number of halogens is 1. The molecular weight excluding hydrogens is 230 g/mol. The lowest BCUT2D eigenvalue weighted by atomic mass is 10.4. The van der Waals surface area contributed by atoms with Gasteiger partial charge in [0.25, 0.3) is 0 Å². The van der Waals surface area contributed by atoms with Crippen LogP contribution in [0.3, 0.4) is 0 Å². The van der Waals surface area contributed by atoms with E-state index in [1.54, 1.807) is 5.51 Å². The SMILES string of the molecule is O=C(O)/C=C/c1ncsc1Br. The van der Waals surface area contributed by atoms with Crippen LogP contribution in [0, 0.1) is 0 Å². The first-order chi connectivity index (χ1) is 5.20. The van der Waals surface area contributed by atoms with E-state index in [1.807, 2.05) is 0 Å². The quantitative estimate of drug-likeness (QED) is 0.796. The molecule has 0 aliphatic heterocycles. The van der Waals surface area contributed by atoms with Gasteiger partial charge in [0.05, 0.1) is 15.0 Å². The van der Waals surface area contributed by atoms with Gasteiger partial charge in [0, 0.05) is 6.08 Å². The van der Waals surface area contributed by atoms with Crippen LogP contribution in [-0.2, 0) is 4.79 Å². The van der Waals surface area contributed by atoms with Crippen molar-refractivity contribution in [2.24, 2.45) is 0 Å². The van der Waals surface area contributed by atoms with Gasteiger partial charge in [0.1, 0.15) is 0 Å². The van der Waals surface area contributed by atoms with E-state index in [-0.39, 0.29) is 0 Å². The first-order valence-corrected chi connectivity index (χ1v) is 4.37. The fraction of sp³-hybridized carbons (Fsp3) is 0. The van der Waals surface area contributed by atoms with E-state index in [4.69, 9.17) is 5.11 Å². The van der Waals surface area contributed by atoms with E-state index < -0.39 is 5.97 Å². The molecular formula is C6H4BrNO2S. The molecule has 58 valence electrons. The molecule has 11 heavy (non-hydrogen) atoms. The normalized spacial score (nSPS) is 10.6. The summed E-state index contributed by atoms with van der Waals surface area (Å²) >= 11 is 4.65. The van der Waals surface area contributed by atoms with Crippen LogP contribution in [0.2, 0.25) is 0 Å². The largest absolute Gasteiger partial charge is 0.478 e. The Morgan fingerprint density at radius 2 is 2.55 bits per heavy atom. The lowest BCUT2D eigenvalue weighted by Crippen LogP contribution is -1.85. The molecule has 0 unspecified atom stereocenters. The molecule has 1 aromatic heterocycles. The van der Waals surface area contributed by atoms with Crippen molar-refractivity contribution in [3.05, 3.63) is 21.1 Å². The van der Waals surface area contributed by atoms with Gasteiger partial charge in [0.15, 0.2) is 0 Å². The summed E-state index contributed by atoms with van der Waals surface area (Å²) in [5.41, 5.74) is 2.29. The number of thiazole rings is 1. The molecule has 0 saturated heterocycles. The second kappa shape index (κ2) is 3.64. The van der Waals surface area contributed by atoms with Gasteiger partial charge in [-0.1, -0.05) is 0 Å². The van der Waals surface area contributed by atoms with E-state index in [0.717, 1.165) is 9.86 Å². The molecule has 0 saturated carbocycles. The molecule has 0 bridgehead atoms. The number of carbonyl (C=O) groups is 1. The van der Waals surface area contributed by atoms with Gasteiger partial charge in [-0.15, -0.1) is 11.3 Å². The number of hydrogen-bond acceptors (Lipinski definition) is 3. The van der Waals surface area contributed by atoms with Gasteiger partial charge in [0.2, 0.25) is 0 Å². The number of hydrogen-bond donors (Lipinski definition) is 1. The van der Waals surface area contributed by atoms with Crippen LogP contribution in [0.25, 0.3) is 6.08 Å². The van der Waals surface area contributed by atoms with Crippen molar-refractivity contribution in [2.45, 2.75) is 0 Å². The average molecular weight is 234 g/mol. The molecule has 1 rings (SSSR count). The van der Waals surface area contributed by atoms with Crippen molar-refractivity contribution in [2.75, 3.05) is 0 Å². The average Bonchev–Trinajstić information content (AvgIpc) is 2.31. The maximum atomic E-state index is 10.1. The summed E-state index contributed by atoms with van der Waals surface area (Å²) in [4.78, 5) is 14.0. The Labute approximate surface area is 75.5 Å². The maximum Gasteiger partial charge on any atom is 0.328 e. The van der Waals surface area contributed by atoms with Crippen LogP contribution in [0.5, 0.6) is 0 Å². The van der Waals surface area contributed by atoms with Gasteiger partial charge >= 0.3 is 5.97 Å². The zero-order valence-electron chi connectivity index (χ0n) is 5.32. The number of nitrogens with zero attached hydrogens (tertiary/aromatic N) is 1. The zero-order valence-corrected chi connectivity index (χ0v) is 7.72. The number of carboxylic acids is 1. The van der Waals surface area contributed by atoms with Crippen LogP contribution in [0.1, 0.15) is 5.69 Å². The molecule has 0 aliphatic carbocycles.